The fourth-order valence-electron chi connectivity index (χ4n) is 2.50. The minimum Gasteiger partial charge on any atom is -0.368 e. The molecule has 0 aromatic carbocycles. The number of nitrogens with zero attached hydrogens (tertiary/aromatic N) is 2. The van der Waals surface area contributed by atoms with Crippen molar-refractivity contribution in [1.82, 2.24) is 20.2 Å². The van der Waals surface area contributed by atoms with Crippen molar-refractivity contribution in [3.63, 3.8) is 0 Å². The number of aryl methyl sites for hydroxylation is 1. The maximum absolute atomic E-state index is 12.1. The molecule has 1 aliphatic rings. The van der Waals surface area contributed by atoms with Gasteiger partial charge in [0, 0.05) is 37.8 Å². The van der Waals surface area contributed by atoms with Crippen molar-refractivity contribution >= 4 is 17.8 Å². The first-order valence-corrected chi connectivity index (χ1v) is 8.69. The molecule has 1 aliphatic heterocycles. The summed E-state index contributed by atoms with van der Waals surface area (Å²) in [4.78, 5) is 16.5. The molecule has 6 nitrogen and oxygen atoms in total. The Morgan fingerprint density at radius 3 is 3.10 bits per heavy atom. The van der Waals surface area contributed by atoms with Crippen molar-refractivity contribution in [3.05, 3.63) is 18.2 Å². The Hall–Kier alpha value is -1.21. The normalized spacial score (nSPS) is 23.0. The molecule has 0 aliphatic carbocycles. The molecule has 21 heavy (non-hydrogen) atoms. The van der Waals surface area contributed by atoms with Crippen LogP contribution in [-0.2, 0) is 11.8 Å². The quantitative estimate of drug-likeness (QED) is 0.839. The molecule has 2 N–H and O–H groups in total. The molecule has 0 unspecified atom stereocenters. The average Bonchev–Trinajstić information content (AvgIpc) is 3.06. The van der Waals surface area contributed by atoms with Gasteiger partial charge in [0.25, 0.3) is 0 Å². The largest absolute Gasteiger partial charge is 0.368 e. The summed E-state index contributed by atoms with van der Waals surface area (Å²) in [6.45, 7) is 2.72. The number of urea groups is 1. The van der Waals surface area contributed by atoms with Gasteiger partial charge in [0.05, 0.1) is 6.04 Å². The van der Waals surface area contributed by atoms with E-state index in [1.54, 1.807) is 18.0 Å². The average molecular weight is 312 g/mol. The molecular weight excluding hydrogens is 288 g/mol. The molecule has 0 saturated carbocycles. The van der Waals surface area contributed by atoms with Crippen LogP contribution in [0.25, 0.3) is 0 Å². The monoisotopic (exact) mass is 312 g/mol. The third kappa shape index (κ3) is 4.14. The van der Waals surface area contributed by atoms with Gasteiger partial charge in [-0.1, -0.05) is 6.92 Å². The molecule has 0 spiro atoms. The number of nitrogens with one attached hydrogen (secondary N) is 2. The zero-order valence-corrected chi connectivity index (χ0v) is 13.7. The molecule has 2 rings (SSSR count). The number of thioether (sulfide) groups is 1. The van der Waals surface area contributed by atoms with Crippen LogP contribution < -0.4 is 10.6 Å². The Morgan fingerprint density at radius 1 is 1.67 bits per heavy atom. The molecule has 1 fully saturated rings. The highest BCUT2D eigenvalue weighted by atomic mass is 32.2. The summed E-state index contributed by atoms with van der Waals surface area (Å²) < 4.78 is 7.68. The zero-order valence-electron chi connectivity index (χ0n) is 12.8. The van der Waals surface area contributed by atoms with E-state index in [2.05, 4.69) is 22.5 Å². The SMILES string of the molecule is CC[C@H](CSC)NC(=O)N[C@H]1CCO[C@@H]1c1nccn1C. The first-order chi connectivity index (χ1) is 10.2. The third-order valence-electron chi connectivity index (χ3n) is 3.72. The van der Waals surface area contributed by atoms with Crippen LogP contribution >= 0.6 is 11.8 Å². The van der Waals surface area contributed by atoms with Gasteiger partial charge < -0.3 is 19.9 Å². The van der Waals surface area contributed by atoms with Gasteiger partial charge >= 0.3 is 6.03 Å². The molecule has 0 bridgehead atoms. The van der Waals surface area contributed by atoms with E-state index in [4.69, 9.17) is 4.74 Å². The number of hydrogen-bond acceptors (Lipinski definition) is 4. The Kier molecular flexibility index (Phi) is 5.93. The van der Waals surface area contributed by atoms with E-state index in [0.29, 0.717) is 6.61 Å². The van der Waals surface area contributed by atoms with Gasteiger partial charge in [0.1, 0.15) is 11.9 Å². The fraction of sp³-hybridized carbons (Fsp3) is 0.714. The molecule has 0 radical (unpaired) electrons. The maximum atomic E-state index is 12.1. The molecule has 1 saturated heterocycles. The summed E-state index contributed by atoms with van der Waals surface area (Å²) in [7, 11) is 1.94. The van der Waals surface area contributed by atoms with Crippen molar-refractivity contribution in [2.45, 2.75) is 38.0 Å². The van der Waals surface area contributed by atoms with E-state index >= 15 is 0 Å². The molecule has 2 amide bonds. The summed E-state index contributed by atoms with van der Waals surface area (Å²) in [5.41, 5.74) is 0. The molecule has 7 heteroatoms. The third-order valence-corrected chi connectivity index (χ3v) is 4.45. The lowest BCUT2D eigenvalue weighted by atomic mass is 10.1. The molecule has 1 aromatic rings. The number of aromatic nitrogens is 2. The first-order valence-electron chi connectivity index (χ1n) is 7.30. The topological polar surface area (TPSA) is 68.2 Å². The van der Waals surface area contributed by atoms with Crippen LogP contribution in [0.1, 0.15) is 31.7 Å². The van der Waals surface area contributed by atoms with Crippen LogP contribution in [0.2, 0.25) is 0 Å². The van der Waals surface area contributed by atoms with Crippen LogP contribution in [0.3, 0.4) is 0 Å². The van der Waals surface area contributed by atoms with Gasteiger partial charge in [-0.15, -0.1) is 0 Å². The minimum atomic E-state index is -0.170. The fourth-order valence-corrected chi connectivity index (χ4v) is 3.22. The number of carbonyl (C=O) groups is 1. The smallest absolute Gasteiger partial charge is 0.315 e. The van der Waals surface area contributed by atoms with Crippen molar-refractivity contribution in [1.29, 1.82) is 0 Å². The van der Waals surface area contributed by atoms with Gasteiger partial charge in [0.15, 0.2) is 0 Å². The number of imidazole rings is 1. The van der Waals surface area contributed by atoms with Crippen molar-refractivity contribution < 1.29 is 9.53 Å². The second kappa shape index (κ2) is 7.70. The number of amides is 2. The van der Waals surface area contributed by atoms with Gasteiger partial charge in [-0.05, 0) is 19.1 Å². The van der Waals surface area contributed by atoms with Gasteiger partial charge in [-0.2, -0.15) is 11.8 Å². The Labute approximate surface area is 130 Å². The molecule has 118 valence electrons. The highest BCUT2D eigenvalue weighted by Gasteiger charge is 2.33. The van der Waals surface area contributed by atoms with E-state index in [1.807, 2.05) is 24.1 Å². The number of rotatable bonds is 6. The van der Waals surface area contributed by atoms with Crippen LogP contribution in [0, 0.1) is 0 Å². The molecule has 3 atom stereocenters. The van der Waals surface area contributed by atoms with E-state index in [1.165, 1.54) is 0 Å². The van der Waals surface area contributed by atoms with Gasteiger partial charge in [0.2, 0.25) is 0 Å². The molecule has 1 aromatic heterocycles. The summed E-state index contributed by atoms with van der Waals surface area (Å²) in [5.74, 6) is 1.78. The molecule has 2 heterocycles. The maximum Gasteiger partial charge on any atom is 0.315 e. The van der Waals surface area contributed by atoms with Gasteiger partial charge in [-0.3, -0.25) is 0 Å². The van der Waals surface area contributed by atoms with E-state index in [-0.39, 0.29) is 24.2 Å². The summed E-state index contributed by atoms with van der Waals surface area (Å²) in [6, 6.07) is 0.0532. The predicted octanol–water partition coefficient (Wildman–Crippen LogP) is 1.69. The summed E-state index contributed by atoms with van der Waals surface area (Å²) >= 11 is 1.74. The summed E-state index contributed by atoms with van der Waals surface area (Å²) in [6.07, 6.45) is 7.25. The summed E-state index contributed by atoms with van der Waals surface area (Å²) in [5, 5.41) is 6.05. The van der Waals surface area contributed by atoms with E-state index < -0.39 is 0 Å². The lowest BCUT2D eigenvalue weighted by Gasteiger charge is -2.22. The van der Waals surface area contributed by atoms with Crippen LogP contribution in [-0.4, -0.2) is 46.3 Å². The lowest BCUT2D eigenvalue weighted by Crippen LogP contribution is -2.47. The lowest BCUT2D eigenvalue weighted by molar-refractivity contribution is 0.0907. The number of hydrogen-bond donors (Lipinski definition) is 2. The Bertz CT molecular complexity index is 466. The predicted molar refractivity (Wildman–Crippen MR) is 84.4 cm³/mol. The molecular formula is C14H24N4O2S. The minimum absolute atomic E-state index is 0.0297. The van der Waals surface area contributed by atoms with Crippen LogP contribution in [0.4, 0.5) is 4.79 Å². The Balaban J connectivity index is 1.92. The van der Waals surface area contributed by atoms with Crippen LogP contribution in [0.15, 0.2) is 12.4 Å². The van der Waals surface area contributed by atoms with Crippen LogP contribution in [0.5, 0.6) is 0 Å². The highest BCUT2D eigenvalue weighted by Crippen LogP contribution is 2.27. The highest BCUT2D eigenvalue weighted by molar-refractivity contribution is 7.98. The zero-order chi connectivity index (χ0) is 15.2. The second-order valence-electron chi connectivity index (χ2n) is 5.26. The van der Waals surface area contributed by atoms with E-state index in [0.717, 1.165) is 24.4 Å². The van der Waals surface area contributed by atoms with E-state index in [9.17, 15) is 4.79 Å². The number of ether oxygens (including phenoxy) is 1. The standard InChI is InChI=1S/C14H24N4O2S/c1-4-10(9-21-3)16-14(19)17-11-5-8-20-12(11)13-15-6-7-18(13)2/h6-7,10-12H,4-5,8-9H2,1-3H3,(H2,16,17,19)/t10-,11+,12+/m1/s1. The second-order valence-corrected chi connectivity index (χ2v) is 6.17. The van der Waals surface area contributed by atoms with Crippen molar-refractivity contribution in [3.8, 4) is 0 Å². The number of carbonyl (C=O) groups excluding carboxylic acids is 1. The van der Waals surface area contributed by atoms with Gasteiger partial charge in [-0.25, -0.2) is 9.78 Å². The first kappa shape index (κ1) is 16.2. The van der Waals surface area contributed by atoms with Crippen molar-refractivity contribution in [2.75, 3.05) is 18.6 Å². The Morgan fingerprint density at radius 2 is 2.48 bits per heavy atom. The van der Waals surface area contributed by atoms with Crippen molar-refractivity contribution in [2.24, 2.45) is 7.05 Å².